The van der Waals surface area contributed by atoms with Crippen LogP contribution in [0.2, 0.25) is 0 Å². The van der Waals surface area contributed by atoms with Crippen LogP contribution in [0.15, 0.2) is 78.0 Å². The predicted molar refractivity (Wildman–Crippen MR) is 129 cm³/mol. The van der Waals surface area contributed by atoms with Crippen molar-refractivity contribution in [3.8, 4) is 5.69 Å². The van der Waals surface area contributed by atoms with Crippen LogP contribution in [-0.4, -0.2) is 20.7 Å². The second kappa shape index (κ2) is 9.83. The lowest BCUT2D eigenvalue weighted by Gasteiger charge is -2.12. The Hall–Kier alpha value is -3.38. The van der Waals surface area contributed by atoms with Gasteiger partial charge in [-0.25, -0.2) is 0 Å². The molecular formula is C26H26N4OS. The number of thioether (sulfide) groups is 1. The molecule has 0 aliphatic carbocycles. The number of aromatic nitrogens is 3. The van der Waals surface area contributed by atoms with E-state index < -0.39 is 0 Å². The lowest BCUT2D eigenvalue weighted by molar-refractivity contribution is 0.0949. The van der Waals surface area contributed by atoms with Crippen LogP contribution in [0.5, 0.6) is 0 Å². The van der Waals surface area contributed by atoms with Gasteiger partial charge in [-0.05, 0) is 56.2 Å². The van der Waals surface area contributed by atoms with Gasteiger partial charge in [0.15, 0.2) is 11.0 Å². The minimum Gasteiger partial charge on any atom is -0.345 e. The maximum Gasteiger partial charge on any atom is 0.251 e. The van der Waals surface area contributed by atoms with Gasteiger partial charge in [-0.2, -0.15) is 0 Å². The smallest absolute Gasteiger partial charge is 0.251 e. The summed E-state index contributed by atoms with van der Waals surface area (Å²) >= 11 is 1.64. The van der Waals surface area contributed by atoms with Gasteiger partial charge < -0.3 is 5.32 Å². The fourth-order valence-corrected chi connectivity index (χ4v) is 4.39. The van der Waals surface area contributed by atoms with Crippen LogP contribution in [0.1, 0.15) is 38.4 Å². The van der Waals surface area contributed by atoms with Crippen LogP contribution >= 0.6 is 11.8 Å². The van der Waals surface area contributed by atoms with E-state index >= 15 is 0 Å². The summed E-state index contributed by atoms with van der Waals surface area (Å²) in [4.78, 5) is 12.6. The molecule has 5 nitrogen and oxygen atoms in total. The summed E-state index contributed by atoms with van der Waals surface area (Å²) in [7, 11) is 0. The molecule has 4 rings (SSSR count). The van der Waals surface area contributed by atoms with Gasteiger partial charge in [-0.3, -0.25) is 9.36 Å². The van der Waals surface area contributed by atoms with Crippen LogP contribution in [-0.2, 0) is 12.3 Å². The third kappa shape index (κ3) is 5.08. The molecule has 0 unspecified atom stereocenters. The Morgan fingerprint density at radius 1 is 0.875 bits per heavy atom. The maximum absolute atomic E-state index is 12.6. The van der Waals surface area contributed by atoms with Gasteiger partial charge in [0.25, 0.3) is 5.91 Å². The minimum atomic E-state index is -0.127. The van der Waals surface area contributed by atoms with Crippen LogP contribution in [0.3, 0.4) is 0 Å². The van der Waals surface area contributed by atoms with E-state index in [0.29, 0.717) is 17.9 Å². The molecule has 0 fully saturated rings. The molecule has 0 aliphatic rings. The van der Waals surface area contributed by atoms with E-state index in [1.807, 2.05) is 41.8 Å². The molecule has 1 amide bonds. The third-order valence-corrected chi connectivity index (χ3v) is 6.31. The molecule has 3 aromatic carbocycles. The number of nitrogens with one attached hydrogen (secondary N) is 1. The van der Waals surface area contributed by atoms with Crippen molar-refractivity contribution in [1.29, 1.82) is 0 Å². The Kier molecular flexibility index (Phi) is 6.71. The summed E-state index contributed by atoms with van der Waals surface area (Å²) < 4.78 is 2.03. The second-order valence-corrected chi connectivity index (χ2v) is 8.78. The Morgan fingerprint density at radius 3 is 2.22 bits per heavy atom. The lowest BCUT2D eigenvalue weighted by Crippen LogP contribution is -2.24. The third-order valence-electron chi connectivity index (χ3n) is 5.33. The first kappa shape index (κ1) is 21.8. The molecule has 1 heterocycles. The molecule has 0 atom stereocenters. The van der Waals surface area contributed by atoms with Crippen molar-refractivity contribution < 1.29 is 4.79 Å². The van der Waals surface area contributed by atoms with E-state index in [1.165, 1.54) is 16.7 Å². The van der Waals surface area contributed by atoms with Gasteiger partial charge in [0.05, 0.1) is 6.54 Å². The van der Waals surface area contributed by atoms with E-state index in [1.54, 1.807) is 11.8 Å². The highest BCUT2D eigenvalue weighted by Crippen LogP contribution is 2.26. The molecule has 0 radical (unpaired) electrons. The Balaban J connectivity index is 1.57. The van der Waals surface area contributed by atoms with Gasteiger partial charge in [-0.15, -0.1) is 10.2 Å². The molecule has 0 saturated carbocycles. The van der Waals surface area contributed by atoms with Gasteiger partial charge in [0, 0.05) is 17.0 Å². The fourth-order valence-electron chi connectivity index (χ4n) is 3.34. The molecule has 6 heteroatoms. The number of hydrogen-bond acceptors (Lipinski definition) is 4. The number of benzene rings is 3. The first-order valence-corrected chi connectivity index (χ1v) is 11.5. The summed E-state index contributed by atoms with van der Waals surface area (Å²) in [6.45, 7) is 6.47. The zero-order chi connectivity index (χ0) is 22.5. The summed E-state index contributed by atoms with van der Waals surface area (Å²) in [5, 5.41) is 12.6. The van der Waals surface area contributed by atoms with Crippen LogP contribution in [0.25, 0.3) is 5.69 Å². The molecular weight excluding hydrogens is 416 g/mol. The topological polar surface area (TPSA) is 59.8 Å². The van der Waals surface area contributed by atoms with E-state index in [9.17, 15) is 4.79 Å². The van der Waals surface area contributed by atoms with Crippen molar-refractivity contribution in [3.63, 3.8) is 0 Å². The Labute approximate surface area is 192 Å². The van der Waals surface area contributed by atoms with Crippen LogP contribution < -0.4 is 5.32 Å². The first-order valence-electron chi connectivity index (χ1n) is 10.5. The SMILES string of the molecule is Cc1ccc(C(=O)NCc2nnc(SCc3ccccc3C)n2-c2ccc(C)cc2)cc1. The van der Waals surface area contributed by atoms with Crippen molar-refractivity contribution in [2.24, 2.45) is 0 Å². The van der Waals surface area contributed by atoms with Crippen molar-refractivity contribution in [2.75, 3.05) is 0 Å². The average molecular weight is 443 g/mol. The van der Waals surface area contributed by atoms with Gasteiger partial charge in [-0.1, -0.05) is 71.4 Å². The second-order valence-electron chi connectivity index (χ2n) is 7.83. The highest BCUT2D eigenvalue weighted by atomic mass is 32.2. The summed E-state index contributed by atoms with van der Waals surface area (Å²) in [5.74, 6) is 1.37. The largest absolute Gasteiger partial charge is 0.345 e. The maximum atomic E-state index is 12.6. The molecule has 1 N–H and O–H groups in total. The molecule has 162 valence electrons. The number of aryl methyl sites for hydroxylation is 3. The minimum absolute atomic E-state index is 0.127. The van der Waals surface area contributed by atoms with Gasteiger partial charge >= 0.3 is 0 Å². The number of nitrogens with zero attached hydrogens (tertiary/aromatic N) is 3. The Morgan fingerprint density at radius 2 is 1.53 bits per heavy atom. The van der Waals surface area contributed by atoms with Crippen molar-refractivity contribution in [2.45, 2.75) is 38.2 Å². The van der Waals surface area contributed by atoms with Crippen LogP contribution in [0, 0.1) is 20.8 Å². The average Bonchev–Trinajstić information content (AvgIpc) is 3.20. The monoisotopic (exact) mass is 442 g/mol. The molecule has 4 aromatic rings. The predicted octanol–water partition coefficient (Wildman–Crippen LogP) is 5.41. The van der Waals surface area contributed by atoms with Crippen molar-refractivity contribution in [3.05, 3.63) is 106 Å². The molecule has 1 aromatic heterocycles. The van der Waals surface area contributed by atoms with Crippen molar-refractivity contribution >= 4 is 17.7 Å². The van der Waals surface area contributed by atoms with E-state index in [2.05, 4.69) is 71.8 Å². The molecule has 0 saturated heterocycles. The molecule has 0 bridgehead atoms. The number of rotatable bonds is 7. The number of carbonyl (C=O) groups is 1. The number of carbonyl (C=O) groups excluding carboxylic acids is 1. The van der Waals surface area contributed by atoms with Gasteiger partial charge in [0.2, 0.25) is 0 Å². The van der Waals surface area contributed by atoms with Crippen LogP contribution in [0.4, 0.5) is 0 Å². The quantitative estimate of drug-likeness (QED) is 0.389. The van der Waals surface area contributed by atoms with E-state index in [4.69, 9.17) is 0 Å². The normalized spacial score (nSPS) is 10.8. The number of amides is 1. The van der Waals surface area contributed by atoms with Gasteiger partial charge in [0.1, 0.15) is 0 Å². The number of hydrogen-bond donors (Lipinski definition) is 1. The first-order chi connectivity index (χ1) is 15.5. The zero-order valence-electron chi connectivity index (χ0n) is 18.5. The zero-order valence-corrected chi connectivity index (χ0v) is 19.3. The summed E-state index contributed by atoms with van der Waals surface area (Å²) in [6.07, 6.45) is 0. The highest BCUT2D eigenvalue weighted by molar-refractivity contribution is 7.98. The summed E-state index contributed by atoms with van der Waals surface area (Å²) in [5.41, 5.74) is 6.44. The lowest BCUT2D eigenvalue weighted by atomic mass is 10.1. The van der Waals surface area contributed by atoms with E-state index in [0.717, 1.165) is 22.2 Å². The standard InChI is InChI=1S/C26H26N4OS/c1-18-8-12-21(13-9-18)25(31)27-16-24-28-29-26(30(24)23-14-10-19(2)11-15-23)32-17-22-7-5-4-6-20(22)3/h4-15H,16-17H2,1-3H3,(H,27,31). The molecule has 0 aliphatic heterocycles. The van der Waals surface area contributed by atoms with E-state index in [-0.39, 0.29) is 5.91 Å². The molecule has 32 heavy (non-hydrogen) atoms. The fraction of sp³-hybridized carbons (Fsp3) is 0.192. The Bertz CT molecular complexity index is 1210. The highest BCUT2D eigenvalue weighted by Gasteiger charge is 2.16. The summed E-state index contributed by atoms with van der Waals surface area (Å²) in [6, 6.07) is 24.1. The molecule has 0 spiro atoms. The van der Waals surface area contributed by atoms with Crippen molar-refractivity contribution in [1.82, 2.24) is 20.1 Å².